The second-order valence-corrected chi connectivity index (χ2v) is 6.93. The summed E-state index contributed by atoms with van der Waals surface area (Å²) in [6.07, 6.45) is 3.25. The molecule has 1 aromatic rings. The van der Waals surface area contributed by atoms with Crippen LogP contribution in [0.1, 0.15) is 44.7 Å². The maximum atomic E-state index is 11.9. The fraction of sp³-hybridized carbons (Fsp3) is 0.632. The van der Waals surface area contributed by atoms with Crippen LogP contribution in [0.25, 0.3) is 0 Å². The van der Waals surface area contributed by atoms with Gasteiger partial charge in [0, 0.05) is 43.8 Å². The Hall–Kier alpha value is -1.10. The molecular weight excluding hydrogens is 322 g/mol. The van der Waals surface area contributed by atoms with E-state index in [4.69, 9.17) is 11.6 Å². The average Bonchev–Trinajstić information content (AvgIpc) is 2.59. The third kappa shape index (κ3) is 5.76. The molecule has 0 radical (unpaired) electrons. The van der Waals surface area contributed by atoms with Crippen molar-refractivity contribution in [3.8, 4) is 0 Å². The van der Waals surface area contributed by atoms with Gasteiger partial charge in [0.25, 0.3) is 0 Å². The number of carbonyl (C=O) groups excluding carboxylic acids is 1. The second kappa shape index (κ2) is 10.0. The Bertz CT molecular complexity index is 498. The summed E-state index contributed by atoms with van der Waals surface area (Å²) >= 11 is 6.00. The summed E-state index contributed by atoms with van der Waals surface area (Å²) in [5.74, 6) is 0.154. The monoisotopic (exact) mass is 351 g/mol. The topological polar surface area (TPSA) is 35.6 Å². The molecule has 0 aromatic heterocycles. The first-order valence-corrected chi connectivity index (χ1v) is 9.50. The number of hydrogen-bond donors (Lipinski definition) is 1. The summed E-state index contributed by atoms with van der Waals surface area (Å²) in [4.78, 5) is 16.7. The number of halogens is 1. The molecule has 0 aliphatic carbocycles. The van der Waals surface area contributed by atoms with E-state index in [0.717, 1.165) is 57.0 Å². The lowest BCUT2D eigenvalue weighted by atomic mass is 10.0. The van der Waals surface area contributed by atoms with Crippen molar-refractivity contribution < 1.29 is 4.79 Å². The quantitative estimate of drug-likeness (QED) is 0.730. The van der Waals surface area contributed by atoms with Crippen molar-refractivity contribution in [2.45, 2.75) is 39.2 Å². The van der Waals surface area contributed by atoms with Crippen molar-refractivity contribution >= 4 is 17.5 Å². The van der Waals surface area contributed by atoms with Crippen molar-refractivity contribution in [3.63, 3.8) is 0 Å². The van der Waals surface area contributed by atoms with Gasteiger partial charge in [-0.3, -0.25) is 14.6 Å². The number of unbranched alkanes of at least 4 members (excludes halogenated alkanes) is 1. The Kier molecular flexibility index (Phi) is 8.03. The molecular formula is C19H30ClN3O. The van der Waals surface area contributed by atoms with Crippen molar-refractivity contribution in [1.82, 2.24) is 15.1 Å². The third-order valence-corrected chi connectivity index (χ3v) is 4.96. The van der Waals surface area contributed by atoms with Crippen LogP contribution in [0.4, 0.5) is 0 Å². The predicted molar refractivity (Wildman–Crippen MR) is 100 cm³/mol. The van der Waals surface area contributed by atoms with Gasteiger partial charge in [0.05, 0.1) is 6.54 Å². The van der Waals surface area contributed by atoms with Gasteiger partial charge in [-0.2, -0.15) is 0 Å². The number of carbonyl (C=O) groups is 1. The van der Waals surface area contributed by atoms with Gasteiger partial charge in [-0.1, -0.05) is 44.0 Å². The fourth-order valence-corrected chi connectivity index (χ4v) is 3.41. The van der Waals surface area contributed by atoms with E-state index in [1.165, 1.54) is 5.56 Å². The van der Waals surface area contributed by atoms with E-state index in [0.29, 0.717) is 12.6 Å². The highest BCUT2D eigenvalue weighted by molar-refractivity contribution is 6.30. The molecule has 4 nitrogen and oxygen atoms in total. The molecule has 1 aliphatic heterocycles. The first kappa shape index (κ1) is 19.2. The van der Waals surface area contributed by atoms with Crippen LogP contribution in [0.2, 0.25) is 5.02 Å². The van der Waals surface area contributed by atoms with E-state index < -0.39 is 0 Å². The number of hydrogen-bond acceptors (Lipinski definition) is 3. The van der Waals surface area contributed by atoms with Crippen molar-refractivity contribution in [2.24, 2.45) is 0 Å². The minimum Gasteiger partial charge on any atom is -0.355 e. The van der Waals surface area contributed by atoms with Crippen LogP contribution < -0.4 is 5.32 Å². The van der Waals surface area contributed by atoms with Crippen LogP contribution in [0.3, 0.4) is 0 Å². The van der Waals surface area contributed by atoms with E-state index in [1.807, 2.05) is 12.1 Å². The van der Waals surface area contributed by atoms with Crippen LogP contribution in [-0.2, 0) is 4.79 Å². The Morgan fingerprint density at radius 2 is 1.83 bits per heavy atom. The van der Waals surface area contributed by atoms with Crippen molar-refractivity contribution in [3.05, 3.63) is 34.9 Å². The molecule has 5 heteroatoms. The van der Waals surface area contributed by atoms with E-state index in [-0.39, 0.29) is 5.91 Å². The molecule has 1 amide bonds. The predicted octanol–water partition coefficient (Wildman–Crippen LogP) is 3.33. The summed E-state index contributed by atoms with van der Waals surface area (Å²) in [6, 6.07) is 8.63. The SMILES string of the molecule is CCCCNC(=O)CN1CCN([C@@H](CC)c2ccc(Cl)cc2)CC1. The maximum Gasteiger partial charge on any atom is 0.234 e. The zero-order chi connectivity index (χ0) is 17.4. The van der Waals surface area contributed by atoms with Gasteiger partial charge in [-0.25, -0.2) is 0 Å². The van der Waals surface area contributed by atoms with Gasteiger partial charge in [0.15, 0.2) is 0 Å². The fourth-order valence-electron chi connectivity index (χ4n) is 3.29. The Morgan fingerprint density at radius 1 is 1.17 bits per heavy atom. The van der Waals surface area contributed by atoms with Gasteiger partial charge < -0.3 is 5.32 Å². The molecule has 1 N–H and O–H groups in total. The van der Waals surface area contributed by atoms with Gasteiger partial charge in [0.2, 0.25) is 5.91 Å². The molecule has 0 unspecified atom stereocenters. The van der Waals surface area contributed by atoms with E-state index in [2.05, 4.69) is 41.1 Å². The summed E-state index contributed by atoms with van der Waals surface area (Å²) < 4.78 is 0. The minimum atomic E-state index is 0.154. The van der Waals surface area contributed by atoms with Crippen LogP contribution in [0.15, 0.2) is 24.3 Å². The molecule has 134 valence electrons. The first-order valence-electron chi connectivity index (χ1n) is 9.12. The number of nitrogens with zero attached hydrogens (tertiary/aromatic N) is 2. The number of piperazine rings is 1. The number of nitrogens with one attached hydrogen (secondary N) is 1. The molecule has 1 saturated heterocycles. The standard InChI is InChI=1S/C19H30ClN3O/c1-3-5-10-21-19(24)15-22-11-13-23(14-12-22)18(4-2)16-6-8-17(20)9-7-16/h6-9,18H,3-5,10-15H2,1-2H3,(H,21,24)/t18-/m0/s1. The summed E-state index contributed by atoms with van der Waals surface area (Å²) in [6.45, 7) is 9.59. The zero-order valence-electron chi connectivity index (χ0n) is 14.9. The zero-order valence-corrected chi connectivity index (χ0v) is 15.7. The Balaban J connectivity index is 1.80. The third-order valence-electron chi connectivity index (χ3n) is 4.71. The van der Waals surface area contributed by atoms with Crippen LogP contribution >= 0.6 is 11.6 Å². The second-order valence-electron chi connectivity index (χ2n) is 6.49. The Labute approximate surface area is 151 Å². The van der Waals surface area contributed by atoms with Gasteiger partial charge in [-0.15, -0.1) is 0 Å². The van der Waals surface area contributed by atoms with Crippen LogP contribution in [-0.4, -0.2) is 55.0 Å². The molecule has 1 heterocycles. The van der Waals surface area contributed by atoms with Gasteiger partial charge in [0.1, 0.15) is 0 Å². The van der Waals surface area contributed by atoms with E-state index in [9.17, 15) is 4.79 Å². The maximum absolute atomic E-state index is 11.9. The van der Waals surface area contributed by atoms with Crippen LogP contribution in [0.5, 0.6) is 0 Å². The lowest BCUT2D eigenvalue weighted by Gasteiger charge is -2.39. The Morgan fingerprint density at radius 3 is 2.42 bits per heavy atom. The van der Waals surface area contributed by atoms with E-state index in [1.54, 1.807) is 0 Å². The highest BCUT2D eigenvalue weighted by Crippen LogP contribution is 2.26. The highest BCUT2D eigenvalue weighted by atomic mass is 35.5. The van der Waals surface area contributed by atoms with Crippen LogP contribution in [0, 0.1) is 0 Å². The molecule has 0 spiro atoms. The summed E-state index contributed by atoms with van der Waals surface area (Å²) in [7, 11) is 0. The lowest BCUT2D eigenvalue weighted by molar-refractivity contribution is -0.122. The van der Waals surface area contributed by atoms with Gasteiger partial charge in [-0.05, 0) is 30.5 Å². The normalized spacial score (nSPS) is 17.6. The molecule has 1 aromatic carbocycles. The minimum absolute atomic E-state index is 0.154. The highest BCUT2D eigenvalue weighted by Gasteiger charge is 2.24. The summed E-state index contributed by atoms with van der Waals surface area (Å²) in [5.41, 5.74) is 1.33. The average molecular weight is 352 g/mol. The molecule has 0 bridgehead atoms. The molecule has 1 atom stereocenters. The first-order chi connectivity index (χ1) is 11.6. The number of amides is 1. The van der Waals surface area contributed by atoms with Crippen molar-refractivity contribution in [1.29, 1.82) is 0 Å². The molecule has 1 aliphatic rings. The van der Waals surface area contributed by atoms with Crippen molar-refractivity contribution in [2.75, 3.05) is 39.3 Å². The summed E-state index contributed by atoms with van der Waals surface area (Å²) in [5, 5.41) is 3.79. The molecule has 2 rings (SSSR count). The van der Waals surface area contributed by atoms with E-state index >= 15 is 0 Å². The van der Waals surface area contributed by atoms with Gasteiger partial charge >= 0.3 is 0 Å². The molecule has 0 saturated carbocycles. The molecule has 24 heavy (non-hydrogen) atoms. The largest absolute Gasteiger partial charge is 0.355 e. The lowest BCUT2D eigenvalue weighted by Crippen LogP contribution is -2.50. The molecule has 1 fully saturated rings. The smallest absolute Gasteiger partial charge is 0.234 e. The number of rotatable bonds is 8. The number of benzene rings is 1.